The Bertz CT molecular complexity index is 1170. The van der Waals surface area contributed by atoms with Crippen molar-refractivity contribution in [3.05, 3.63) is 72.6 Å². The molecule has 4 heterocycles. The van der Waals surface area contributed by atoms with Gasteiger partial charge in [0.2, 0.25) is 0 Å². The average molecular weight is 489 g/mol. The molecule has 0 amide bonds. The fourth-order valence-corrected chi connectivity index (χ4v) is 4.87. The summed E-state index contributed by atoms with van der Waals surface area (Å²) in [5.41, 5.74) is 4.24. The van der Waals surface area contributed by atoms with Crippen LogP contribution in [-0.4, -0.2) is 59.0 Å². The lowest BCUT2D eigenvalue weighted by molar-refractivity contribution is 0.122. The number of aromatic nitrogens is 3. The maximum Gasteiger partial charge on any atom is 0.160 e. The smallest absolute Gasteiger partial charge is 0.160 e. The third-order valence-electron chi connectivity index (χ3n) is 6.69. The van der Waals surface area contributed by atoms with E-state index in [9.17, 15) is 0 Å². The first-order chi connectivity index (χ1) is 17.6. The number of hydrogen-bond acceptors (Lipinski definition) is 6. The number of hydrogen-bond donors (Lipinski definition) is 0. The van der Waals surface area contributed by atoms with Gasteiger partial charge in [0.15, 0.2) is 11.5 Å². The van der Waals surface area contributed by atoms with Gasteiger partial charge in [-0.3, -0.25) is 5.01 Å². The van der Waals surface area contributed by atoms with Gasteiger partial charge in [0, 0.05) is 44.0 Å². The molecular weight excluding hydrogens is 448 g/mol. The van der Waals surface area contributed by atoms with E-state index in [1.54, 1.807) is 0 Å². The molecule has 2 aliphatic rings. The van der Waals surface area contributed by atoms with Crippen LogP contribution in [0.15, 0.2) is 66.9 Å². The molecule has 4 rings (SSSR count). The topological polar surface area (TPSA) is 49.1 Å². The Labute approximate surface area is 215 Å². The number of hydrazine groups is 1. The Morgan fingerprint density at radius 2 is 2.03 bits per heavy atom. The molecule has 2 aromatic rings. The second kappa shape index (κ2) is 12.2. The Hall–Kier alpha value is -3.16. The van der Waals surface area contributed by atoms with Gasteiger partial charge in [-0.1, -0.05) is 56.7 Å². The highest BCUT2D eigenvalue weighted by atomic mass is 16.5. The van der Waals surface area contributed by atoms with Gasteiger partial charge in [-0.15, -0.1) is 6.58 Å². The molecule has 0 radical (unpaired) electrons. The summed E-state index contributed by atoms with van der Waals surface area (Å²) in [5, 5.41) is 9.50. The maximum atomic E-state index is 5.64. The molecule has 36 heavy (non-hydrogen) atoms. The van der Waals surface area contributed by atoms with Gasteiger partial charge in [-0.05, 0) is 31.8 Å². The number of fused-ring (bicyclic) bond motifs is 1. The van der Waals surface area contributed by atoms with E-state index in [4.69, 9.17) is 14.8 Å². The zero-order chi connectivity index (χ0) is 25.5. The molecule has 0 saturated carbocycles. The van der Waals surface area contributed by atoms with Crippen molar-refractivity contribution >= 4 is 22.9 Å². The van der Waals surface area contributed by atoms with Gasteiger partial charge in [0.25, 0.3) is 0 Å². The lowest BCUT2D eigenvalue weighted by atomic mass is 10.0. The number of nitrogens with zero attached hydrogens (tertiary/aromatic N) is 6. The van der Waals surface area contributed by atoms with Crippen molar-refractivity contribution in [1.82, 2.24) is 19.6 Å². The highest BCUT2D eigenvalue weighted by molar-refractivity contribution is 5.76. The zero-order valence-electron chi connectivity index (χ0n) is 22.2. The molecule has 0 bridgehead atoms. The molecule has 1 atom stereocenters. The SMILES string of the molecule is C=CCC1C(CCC)=CN(c2cc(N3CCOCC3)n3nc(C(/C=C\C)=C/C=C/CC)cc3n2)N1C. The van der Waals surface area contributed by atoms with Crippen LogP contribution in [0.4, 0.5) is 11.6 Å². The highest BCUT2D eigenvalue weighted by Gasteiger charge is 2.31. The zero-order valence-corrected chi connectivity index (χ0v) is 22.2. The number of ether oxygens (including phenoxy) is 1. The third kappa shape index (κ3) is 5.47. The predicted octanol–water partition coefficient (Wildman–Crippen LogP) is 5.79. The molecule has 0 N–H and O–H groups in total. The summed E-state index contributed by atoms with van der Waals surface area (Å²) in [6, 6.07) is 4.56. The molecule has 2 aromatic heterocycles. The molecule has 0 aliphatic carbocycles. The number of anilines is 2. The third-order valence-corrected chi connectivity index (χ3v) is 6.69. The summed E-state index contributed by atoms with van der Waals surface area (Å²) in [7, 11) is 2.14. The van der Waals surface area contributed by atoms with Crippen LogP contribution in [0.25, 0.3) is 11.2 Å². The summed E-state index contributed by atoms with van der Waals surface area (Å²) >= 11 is 0. The highest BCUT2D eigenvalue weighted by Crippen LogP contribution is 2.33. The first-order valence-electron chi connectivity index (χ1n) is 13.2. The van der Waals surface area contributed by atoms with Crippen molar-refractivity contribution in [2.24, 2.45) is 0 Å². The summed E-state index contributed by atoms with van der Waals surface area (Å²) in [6.07, 6.45) is 18.9. The van der Waals surface area contributed by atoms with E-state index in [1.165, 1.54) is 5.57 Å². The first-order valence-corrected chi connectivity index (χ1v) is 13.2. The Balaban J connectivity index is 1.82. The van der Waals surface area contributed by atoms with Crippen LogP contribution in [-0.2, 0) is 4.74 Å². The Morgan fingerprint density at radius 3 is 2.72 bits per heavy atom. The van der Waals surface area contributed by atoms with Gasteiger partial charge in [-0.25, -0.2) is 9.99 Å². The van der Waals surface area contributed by atoms with Crippen LogP contribution in [0, 0.1) is 0 Å². The summed E-state index contributed by atoms with van der Waals surface area (Å²) in [4.78, 5) is 7.45. The van der Waals surface area contributed by atoms with E-state index < -0.39 is 0 Å². The average Bonchev–Trinajstić information content (AvgIpc) is 3.45. The quantitative estimate of drug-likeness (QED) is 0.312. The van der Waals surface area contributed by atoms with Crippen molar-refractivity contribution in [3.63, 3.8) is 0 Å². The lowest BCUT2D eigenvalue weighted by Crippen LogP contribution is -2.40. The number of rotatable bonds is 10. The van der Waals surface area contributed by atoms with Crippen molar-refractivity contribution < 1.29 is 4.74 Å². The van der Waals surface area contributed by atoms with Crippen LogP contribution in [0.1, 0.15) is 52.1 Å². The van der Waals surface area contributed by atoms with Gasteiger partial charge >= 0.3 is 0 Å². The molecular formula is C29H40N6O. The molecule has 0 aromatic carbocycles. The number of morpholine rings is 1. The second-order valence-corrected chi connectivity index (χ2v) is 9.24. The van der Waals surface area contributed by atoms with Gasteiger partial charge in [0.1, 0.15) is 5.82 Å². The maximum absolute atomic E-state index is 5.64. The van der Waals surface area contributed by atoms with Gasteiger partial charge in [-0.2, -0.15) is 9.61 Å². The van der Waals surface area contributed by atoms with Crippen molar-refractivity contribution in [2.75, 3.05) is 43.3 Å². The normalized spacial score (nSPS) is 19.8. The molecule has 1 fully saturated rings. The minimum absolute atomic E-state index is 0.308. The van der Waals surface area contributed by atoms with Crippen molar-refractivity contribution in [1.29, 1.82) is 0 Å². The van der Waals surface area contributed by atoms with Crippen molar-refractivity contribution in [2.45, 2.75) is 52.5 Å². The monoisotopic (exact) mass is 488 g/mol. The molecule has 7 nitrogen and oxygen atoms in total. The van der Waals surface area contributed by atoms with Gasteiger partial charge < -0.3 is 9.64 Å². The van der Waals surface area contributed by atoms with Crippen LogP contribution >= 0.6 is 0 Å². The largest absolute Gasteiger partial charge is 0.378 e. The standard InChI is InChI=1S/C29H40N6O/c1-6-10-11-15-23(12-7-2)25-20-28-30-27(21-29(35(28)31-25)33-16-18-36-19-17-33)34-22-24(13-8-3)26(14-9-4)32(34)5/h7,9-12,15,20-22,26H,4,6,8,13-14,16-19H2,1-3,5H3/b11-10+,12-7-,23-15+. The predicted molar refractivity (Wildman–Crippen MR) is 150 cm³/mol. The van der Waals surface area contributed by atoms with Crippen LogP contribution in [0.5, 0.6) is 0 Å². The van der Waals surface area contributed by atoms with E-state index >= 15 is 0 Å². The minimum atomic E-state index is 0.308. The molecule has 2 aliphatic heterocycles. The van der Waals surface area contributed by atoms with E-state index in [2.05, 4.69) is 91.1 Å². The van der Waals surface area contributed by atoms with Crippen molar-refractivity contribution in [3.8, 4) is 0 Å². The minimum Gasteiger partial charge on any atom is -0.378 e. The summed E-state index contributed by atoms with van der Waals surface area (Å²) < 4.78 is 7.63. The number of likely N-dealkylation sites (N-methyl/N-ethyl adjacent to an activating group) is 1. The fourth-order valence-electron chi connectivity index (χ4n) is 4.87. The molecule has 1 unspecified atom stereocenters. The summed E-state index contributed by atoms with van der Waals surface area (Å²) in [6.45, 7) is 13.5. The lowest BCUT2D eigenvalue weighted by Gasteiger charge is -2.32. The fraction of sp³-hybridized carbons (Fsp3) is 0.448. The Kier molecular flexibility index (Phi) is 8.78. The first kappa shape index (κ1) is 25.9. The van der Waals surface area contributed by atoms with E-state index in [0.717, 1.165) is 67.3 Å². The molecule has 192 valence electrons. The molecule has 7 heteroatoms. The van der Waals surface area contributed by atoms with Crippen LogP contribution in [0.2, 0.25) is 0 Å². The van der Waals surface area contributed by atoms with Crippen LogP contribution in [0.3, 0.4) is 0 Å². The van der Waals surface area contributed by atoms with Crippen LogP contribution < -0.4 is 9.91 Å². The van der Waals surface area contributed by atoms with E-state index in [-0.39, 0.29) is 0 Å². The summed E-state index contributed by atoms with van der Waals surface area (Å²) in [5.74, 6) is 1.94. The van der Waals surface area contributed by atoms with E-state index in [0.29, 0.717) is 19.3 Å². The Morgan fingerprint density at radius 1 is 1.22 bits per heavy atom. The van der Waals surface area contributed by atoms with E-state index in [1.807, 2.05) is 17.5 Å². The second-order valence-electron chi connectivity index (χ2n) is 9.24. The molecule has 1 saturated heterocycles. The van der Waals surface area contributed by atoms with Gasteiger partial charge in [0.05, 0.1) is 24.9 Å². The number of allylic oxidation sites excluding steroid dienone is 6. The molecule has 0 spiro atoms.